The first-order valence-corrected chi connectivity index (χ1v) is 6.43. The Morgan fingerprint density at radius 1 is 1.14 bits per heavy atom. The number of hydrogen-bond donors (Lipinski definition) is 1. The minimum absolute atomic E-state index is 0.143. The number of nitrogens with two attached hydrogens (primary N) is 1. The van der Waals surface area contributed by atoms with E-state index in [0.29, 0.717) is 28.3 Å². The van der Waals surface area contributed by atoms with Crippen LogP contribution in [0.25, 0.3) is 0 Å². The van der Waals surface area contributed by atoms with Gasteiger partial charge in [-0.05, 0) is 48.9 Å². The van der Waals surface area contributed by atoms with Crippen molar-refractivity contribution in [3.05, 3.63) is 53.3 Å². The zero-order valence-electron chi connectivity index (χ0n) is 12.2. The highest BCUT2D eigenvalue weighted by Gasteiger charge is 2.12. The summed E-state index contributed by atoms with van der Waals surface area (Å²) in [7, 11) is 3.34. The lowest BCUT2D eigenvalue weighted by atomic mass is 10.1. The Morgan fingerprint density at radius 2 is 1.86 bits per heavy atom. The second kappa shape index (κ2) is 5.83. The molecule has 0 aliphatic heterocycles. The lowest BCUT2D eigenvalue weighted by molar-refractivity contribution is 0.0827. The Labute approximate surface area is 122 Å². The van der Waals surface area contributed by atoms with Gasteiger partial charge in [-0.1, -0.05) is 0 Å². The fraction of sp³-hybridized carbons (Fsp3) is 0.188. The van der Waals surface area contributed by atoms with Crippen molar-refractivity contribution in [1.82, 2.24) is 4.90 Å². The molecule has 0 unspecified atom stereocenters. The van der Waals surface area contributed by atoms with E-state index in [1.165, 1.54) is 23.1 Å². The van der Waals surface area contributed by atoms with Gasteiger partial charge in [-0.3, -0.25) is 4.79 Å². The number of anilines is 1. The molecule has 0 saturated carbocycles. The lowest BCUT2D eigenvalue weighted by Gasteiger charge is -2.14. The number of benzene rings is 2. The number of nitrogens with zero attached hydrogens (tertiary/aromatic N) is 1. The monoisotopic (exact) mass is 288 g/mol. The molecule has 2 N–H and O–H groups in total. The van der Waals surface area contributed by atoms with Gasteiger partial charge in [0.1, 0.15) is 11.6 Å². The van der Waals surface area contributed by atoms with Crippen molar-refractivity contribution in [2.75, 3.05) is 19.8 Å². The van der Waals surface area contributed by atoms with Crippen molar-refractivity contribution >= 4 is 11.6 Å². The molecule has 2 aromatic carbocycles. The number of rotatable bonds is 3. The Kier molecular flexibility index (Phi) is 4.12. The van der Waals surface area contributed by atoms with Crippen LogP contribution in [0.2, 0.25) is 0 Å². The van der Waals surface area contributed by atoms with Crippen LogP contribution >= 0.6 is 0 Å². The van der Waals surface area contributed by atoms with Gasteiger partial charge in [0.25, 0.3) is 5.91 Å². The number of nitrogen functional groups attached to an aromatic ring is 1. The molecule has 0 aromatic heterocycles. The van der Waals surface area contributed by atoms with Crippen LogP contribution in [0.5, 0.6) is 11.5 Å². The Balaban J connectivity index is 2.35. The second-order valence-electron chi connectivity index (χ2n) is 4.96. The summed E-state index contributed by atoms with van der Waals surface area (Å²) >= 11 is 0. The summed E-state index contributed by atoms with van der Waals surface area (Å²) in [6.07, 6.45) is 0. The van der Waals surface area contributed by atoms with Gasteiger partial charge in [-0.2, -0.15) is 0 Å². The number of aryl methyl sites for hydroxylation is 1. The minimum Gasteiger partial charge on any atom is -0.455 e. The summed E-state index contributed by atoms with van der Waals surface area (Å²) < 4.78 is 18.8. The zero-order valence-corrected chi connectivity index (χ0v) is 12.2. The van der Waals surface area contributed by atoms with Crippen molar-refractivity contribution < 1.29 is 13.9 Å². The summed E-state index contributed by atoms with van der Waals surface area (Å²) in [5, 5.41) is 0. The van der Waals surface area contributed by atoms with E-state index in [9.17, 15) is 9.18 Å². The molecule has 5 heteroatoms. The first kappa shape index (κ1) is 14.8. The van der Waals surface area contributed by atoms with Crippen molar-refractivity contribution in [3.8, 4) is 11.5 Å². The quantitative estimate of drug-likeness (QED) is 0.882. The molecule has 2 rings (SSSR count). The molecular weight excluding hydrogens is 271 g/mol. The fourth-order valence-corrected chi connectivity index (χ4v) is 1.86. The van der Waals surface area contributed by atoms with Gasteiger partial charge >= 0.3 is 0 Å². The summed E-state index contributed by atoms with van der Waals surface area (Å²) in [5.41, 5.74) is 7.41. The van der Waals surface area contributed by atoms with Crippen molar-refractivity contribution in [3.63, 3.8) is 0 Å². The molecule has 0 bridgehead atoms. The minimum atomic E-state index is -0.329. The molecule has 2 aromatic rings. The normalized spacial score (nSPS) is 10.3. The third-order valence-electron chi connectivity index (χ3n) is 3.02. The number of carbonyl (C=O) groups is 1. The molecule has 0 radical (unpaired) electrons. The summed E-state index contributed by atoms with van der Waals surface area (Å²) in [6.45, 7) is 1.74. The average Bonchev–Trinajstić information content (AvgIpc) is 2.43. The molecule has 0 atom stereocenters. The Hall–Kier alpha value is -2.56. The van der Waals surface area contributed by atoms with Gasteiger partial charge in [0.05, 0.1) is 5.69 Å². The van der Waals surface area contributed by atoms with Gasteiger partial charge in [0, 0.05) is 19.7 Å². The van der Waals surface area contributed by atoms with Gasteiger partial charge in [-0.15, -0.1) is 0 Å². The molecule has 21 heavy (non-hydrogen) atoms. The van der Waals surface area contributed by atoms with E-state index in [4.69, 9.17) is 10.5 Å². The number of hydrogen-bond acceptors (Lipinski definition) is 3. The van der Waals surface area contributed by atoms with Crippen LogP contribution in [0.3, 0.4) is 0 Å². The van der Waals surface area contributed by atoms with Crippen LogP contribution in [0.15, 0.2) is 36.4 Å². The van der Waals surface area contributed by atoms with Crippen LogP contribution in [0, 0.1) is 12.7 Å². The molecule has 1 amide bonds. The molecule has 0 aliphatic carbocycles. The molecule has 4 nitrogen and oxygen atoms in total. The maximum Gasteiger partial charge on any atom is 0.253 e. The van der Waals surface area contributed by atoms with E-state index in [1.807, 2.05) is 0 Å². The van der Waals surface area contributed by atoms with Crippen molar-refractivity contribution in [2.45, 2.75) is 6.92 Å². The topological polar surface area (TPSA) is 55.6 Å². The molecule has 0 heterocycles. The average molecular weight is 288 g/mol. The Bertz CT molecular complexity index is 684. The van der Waals surface area contributed by atoms with Crippen LogP contribution in [-0.4, -0.2) is 24.9 Å². The first-order chi connectivity index (χ1) is 9.88. The second-order valence-corrected chi connectivity index (χ2v) is 4.96. The predicted octanol–water partition coefficient (Wildman–Crippen LogP) is 3.21. The molecule has 0 fully saturated rings. The van der Waals surface area contributed by atoms with E-state index in [-0.39, 0.29) is 11.7 Å². The number of amides is 1. The van der Waals surface area contributed by atoms with Crippen LogP contribution in [-0.2, 0) is 0 Å². The van der Waals surface area contributed by atoms with E-state index in [1.54, 1.807) is 39.2 Å². The van der Waals surface area contributed by atoms with Gasteiger partial charge < -0.3 is 15.4 Å². The smallest absolute Gasteiger partial charge is 0.253 e. The molecule has 110 valence electrons. The number of carbonyl (C=O) groups excluding carboxylic acids is 1. The maximum atomic E-state index is 13.1. The molecular formula is C16H17FN2O2. The van der Waals surface area contributed by atoms with Crippen LogP contribution in [0.4, 0.5) is 10.1 Å². The number of ether oxygens (including phenoxy) is 1. The van der Waals surface area contributed by atoms with Crippen molar-refractivity contribution in [2.24, 2.45) is 0 Å². The highest BCUT2D eigenvalue weighted by Crippen LogP contribution is 2.31. The number of halogens is 1. The van der Waals surface area contributed by atoms with E-state index >= 15 is 0 Å². The largest absolute Gasteiger partial charge is 0.455 e. The van der Waals surface area contributed by atoms with Crippen LogP contribution in [0.1, 0.15) is 15.9 Å². The fourth-order valence-electron chi connectivity index (χ4n) is 1.86. The third-order valence-corrected chi connectivity index (χ3v) is 3.02. The highest BCUT2D eigenvalue weighted by atomic mass is 19.1. The van der Waals surface area contributed by atoms with Gasteiger partial charge in [-0.25, -0.2) is 4.39 Å². The molecule has 0 saturated heterocycles. The van der Waals surface area contributed by atoms with E-state index < -0.39 is 0 Å². The van der Waals surface area contributed by atoms with Crippen molar-refractivity contribution in [1.29, 1.82) is 0 Å². The lowest BCUT2D eigenvalue weighted by Crippen LogP contribution is -2.21. The summed E-state index contributed by atoms with van der Waals surface area (Å²) in [6, 6.07) is 9.06. The first-order valence-electron chi connectivity index (χ1n) is 6.43. The SMILES string of the molecule is Cc1cc(F)ccc1Oc1cc(C(=O)N(C)C)ccc1N. The maximum absolute atomic E-state index is 13.1. The highest BCUT2D eigenvalue weighted by molar-refractivity contribution is 5.94. The summed E-state index contributed by atoms with van der Waals surface area (Å²) in [5.74, 6) is 0.398. The Morgan fingerprint density at radius 3 is 2.48 bits per heavy atom. The van der Waals surface area contributed by atoms with Crippen LogP contribution < -0.4 is 10.5 Å². The van der Waals surface area contributed by atoms with E-state index in [0.717, 1.165) is 0 Å². The third kappa shape index (κ3) is 3.31. The van der Waals surface area contributed by atoms with Gasteiger partial charge in [0.15, 0.2) is 5.75 Å². The van der Waals surface area contributed by atoms with E-state index in [2.05, 4.69) is 0 Å². The standard InChI is InChI=1S/C16H17FN2O2/c1-10-8-12(17)5-7-14(10)21-15-9-11(4-6-13(15)18)16(20)19(2)3/h4-9H,18H2,1-3H3. The van der Waals surface area contributed by atoms with Gasteiger partial charge in [0.2, 0.25) is 0 Å². The summed E-state index contributed by atoms with van der Waals surface area (Å²) in [4.78, 5) is 13.4. The zero-order chi connectivity index (χ0) is 15.6. The predicted molar refractivity (Wildman–Crippen MR) is 80.1 cm³/mol. The molecule has 0 spiro atoms. The molecule has 0 aliphatic rings.